The fourth-order valence-electron chi connectivity index (χ4n) is 2.17. The molecule has 1 atom stereocenters. The maximum absolute atomic E-state index is 12.1. The quantitative estimate of drug-likeness (QED) is 0.684. The van der Waals surface area contributed by atoms with Crippen molar-refractivity contribution in [1.29, 1.82) is 0 Å². The first-order valence-electron chi connectivity index (χ1n) is 7.44. The van der Waals surface area contributed by atoms with Gasteiger partial charge in [-0.05, 0) is 71.0 Å². The zero-order valence-corrected chi connectivity index (χ0v) is 15.4. The Labute approximate surface area is 150 Å². The number of rotatable bonds is 7. The van der Waals surface area contributed by atoms with Gasteiger partial charge in [0.25, 0.3) is 5.91 Å². The number of hydrogen-bond donors (Lipinski definition) is 1. The lowest BCUT2D eigenvalue weighted by Crippen LogP contribution is -2.32. The van der Waals surface area contributed by atoms with Crippen LogP contribution in [0.2, 0.25) is 0 Å². The zero-order chi connectivity index (χ0) is 16.7. The Morgan fingerprint density at radius 1 is 1.09 bits per heavy atom. The van der Waals surface area contributed by atoms with Gasteiger partial charge in [-0.3, -0.25) is 4.79 Å². The Hall–Kier alpha value is -1.76. The van der Waals surface area contributed by atoms with Crippen LogP contribution in [0.4, 0.5) is 0 Å². The highest BCUT2D eigenvalue weighted by Crippen LogP contribution is 2.20. The molecule has 0 saturated carbocycles. The molecule has 1 amide bonds. The van der Waals surface area contributed by atoms with Crippen LogP contribution in [0.15, 0.2) is 48.5 Å². The number of hydrogen-bond acceptors (Lipinski definition) is 3. The predicted octanol–water partition coefficient (Wildman–Crippen LogP) is 3.95. The number of carbonyl (C=O) groups excluding carboxylic acids is 1. The molecule has 0 heterocycles. The molecule has 0 saturated heterocycles. The third-order valence-corrected chi connectivity index (χ3v) is 4.16. The lowest BCUT2D eigenvalue weighted by molar-refractivity contribution is -0.123. The fourth-order valence-corrected chi connectivity index (χ4v) is 2.53. The molecule has 4 nitrogen and oxygen atoms in total. The van der Waals surface area contributed by atoms with Gasteiger partial charge in [-0.25, -0.2) is 0 Å². The van der Waals surface area contributed by atoms with E-state index >= 15 is 0 Å². The minimum atomic E-state index is -0.133. The number of carbonyl (C=O) groups is 1. The summed E-state index contributed by atoms with van der Waals surface area (Å²) >= 11 is 2.23. The molecule has 0 fully saturated rings. The maximum atomic E-state index is 12.1. The van der Waals surface area contributed by atoms with Crippen LogP contribution in [0, 0.1) is 3.57 Å². The van der Waals surface area contributed by atoms with Crippen molar-refractivity contribution in [2.75, 3.05) is 13.7 Å². The first-order valence-corrected chi connectivity index (χ1v) is 8.52. The smallest absolute Gasteiger partial charge is 0.258 e. The molecule has 5 heteroatoms. The third kappa shape index (κ3) is 5.42. The Kier molecular flexibility index (Phi) is 6.70. The molecular formula is C18H20INO3. The van der Waals surface area contributed by atoms with Crippen molar-refractivity contribution in [3.8, 4) is 11.5 Å². The van der Waals surface area contributed by atoms with Gasteiger partial charge in [-0.2, -0.15) is 0 Å². The lowest BCUT2D eigenvalue weighted by Gasteiger charge is -2.18. The van der Waals surface area contributed by atoms with Gasteiger partial charge in [0.1, 0.15) is 11.5 Å². The molecule has 122 valence electrons. The average Bonchev–Trinajstić information content (AvgIpc) is 2.59. The van der Waals surface area contributed by atoms with Crippen LogP contribution in [0.1, 0.15) is 24.9 Å². The summed E-state index contributed by atoms with van der Waals surface area (Å²) < 4.78 is 11.8. The molecule has 0 aliphatic carbocycles. The van der Waals surface area contributed by atoms with Gasteiger partial charge in [0.05, 0.1) is 13.2 Å². The van der Waals surface area contributed by atoms with Crippen LogP contribution in [0.5, 0.6) is 11.5 Å². The average molecular weight is 425 g/mol. The van der Waals surface area contributed by atoms with E-state index in [4.69, 9.17) is 9.47 Å². The van der Waals surface area contributed by atoms with Crippen molar-refractivity contribution in [3.05, 3.63) is 57.7 Å². The topological polar surface area (TPSA) is 47.6 Å². The molecule has 1 unspecified atom stereocenters. The molecular weight excluding hydrogens is 405 g/mol. The summed E-state index contributed by atoms with van der Waals surface area (Å²) in [4.78, 5) is 12.1. The van der Waals surface area contributed by atoms with E-state index in [1.165, 1.54) is 0 Å². The van der Waals surface area contributed by atoms with E-state index in [2.05, 4.69) is 27.9 Å². The summed E-state index contributed by atoms with van der Waals surface area (Å²) in [6.07, 6.45) is 0.807. The molecule has 1 N–H and O–H groups in total. The van der Waals surface area contributed by atoms with Crippen LogP contribution >= 0.6 is 22.6 Å². The van der Waals surface area contributed by atoms with E-state index in [1.807, 2.05) is 55.5 Å². The van der Waals surface area contributed by atoms with Gasteiger partial charge in [0.2, 0.25) is 0 Å². The van der Waals surface area contributed by atoms with E-state index in [-0.39, 0.29) is 18.6 Å². The Bertz CT molecular complexity index is 626. The summed E-state index contributed by atoms with van der Waals surface area (Å²) in [6, 6.07) is 15.3. The molecule has 2 aromatic rings. The van der Waals surface area contributed by atoms with Crippen molar-refractivity contribution in [1.82, 2.24) is 5.32 Å². The number of benzene rings is 2. The van der Waals surface area contributed by atoms with Gasteiger partial charge in [0.15, 0.2) is 6.61 Å². The minimum Gasteiger partial charge on any atom is -0.497 e. The van der Waals surface area contributed by atoms with E-state index < -0.39 is 0 Å². The number of nitrogens with one attached hydrogen (secondary N) is 1. The second-order valence-electron chi connectivity index (χ2n) is 5.04. The summed E-state index contributed by atoms with van der Waals surface area (Å²) in [5.41, 5.74) is 1.05. The highest BCUT2D eigenvalue weighted by Gasteiger charge is 2.13. The van der Waals surface area contributed by atoms with Crippen molar-refractivity contribution < 1.29 is 14.3 Å². The summed E-state index contributed by atoms with van der Waals surface area (Å²) in [6.45, 7) is 2.04. The monoisotopic (exact) mass is 425 g/mol. The molecule has 2 aromatic carbocycles. The van der Waals surface area contributed by atoms with Gasteiger partial charge in [-0.1, -0.05) is 19.1 Å². The van der Waals surface area contributed by atoms with Crippen LogP contribution in [0.25, 0.3) is 0 Å². The van der Waals surface area contributed by atoms with Gasteiger partial charge >= 0.3 is 0 Å². The standard InChI is InChI=1S/C18H20INO3/c1-3-17(13-4-8-15(22-2)9-5-13)20-18(21)12-23-16-10-6-14(19)7-11-16/h4-11,17H,3,12H2,1-2H3,(H,20,21). The molecule has 0 bridgehead atoms. The Balaban J connectivity index is 1.89. The maximum Gasteiger partial charge on any atom is 0.258 e. The van der Waals surface area contributed by atoms with E-state index in [9.17, 15) is 4.79 Å². The van der Waals surface area contributed by atoms with Crippen LogP contribution in [0.3, 0.4) is 0 Å². The Morgan fingerprint density at radius 2 is 1.70 bits per heavy atom. The van der Waals surface area contributed by atoms with Crippen LogP contribution in [-0.2, 0) is 4.79 Å². The number of amides is 1. The van der Waals surface area contributed by atoms with E-state index in [0.29, 0.717) is 5.75 Å². The minimum absolute atomic E-state index is 0.00719. The SMILES string of the molecule is CCC(NC(=O)COc1ccc(I)cc1)c1ccc(OC)cc1. The zero-order valence-electron chi connectivity index (χ0n) is 13.2. The first kappa shape index (κ1) is 17.6. The third-order valence-electron chi connectivity index (χ3n) is 3.45. The van der Waals surface area contributed by atoms with Crippen molar-refractivity contribution in [2.45, 2.75) is 19.4 Å². The number of ether oxygens (including phenoxy) is 2. The van der Waals surface area contributed by atoms with Crippen molar-refractivity contribution in [2.24, 2.45) is 0 Å². The van der Waals surface area contributed by atoms with E-state index in [1.54, 1.807) is 7.11 Å². The normalized spacial score (nSPS) is 11.6. The Morgan fingerprint density at radius 3 is 2.26 bits per heavy atom. The fraction of sp³-hybridized carbons (Fsp3) is 0.278. The second-order valence-corrected chi connectivity index (χ2v) is 6.29. The molecule has 0 aliphatic rings. The molecule has 0 radical (unpaired) electrons. The second kappa shape index (κ2) is 8.76. The lowest BCUT2D eigenvalue weighted by atomic mass is 10.0. The van der Waals surface area contributed by atoms with Crippen molar-refractivity contribution >= 4 is 28.5 Å². The molecule has 23 heavy (non-hydrogen) atoms. The number of methoxy groups -OCH3 is 1. The van der Waals surface area contributed by atoms with Gasteiger partial charge in [0, 0.05) is 3.57 Å². The number of halogens is 1. The van der Waals surface area contributed by atoms with Crippen LogP contribution < -0.4 is 14.8 Å². The molecule has 0 spiro atoms. The largest absolute Gasteiger partial charge is 0.497 e. The first-order chi connectivity index (χ1) is 11.1. The summed E-state index contributed by atoms with van der Waals surface area (Å²) in [5.74, 6) is 1.36. The highest BCUT2D eigenvalue weighted by atomic mass is 127. The molecule has 0 aromatic heterocycles. The van der Waals surface area contributed by atoms with Gasteiger partial charge < -0.3 is 14.8 Å². The molecule has 2 rings (SSSR count). The molecule has 0 aliphatic heterocycles. The van der Waals surface area contributed by atoms with Crippen molar-refractivity contribution in [3.63, 3.8) is 0 Å². The van der Waals surface area contributed by atoms with Crippen LogP contribution in [-0.4, -0.2) is 19.6 Å². The summed E-state index contributed by atoms with van der Waals surface area (Å²) in [7, 11) is 1.63. The highest BCUT2D eigenvalue weighted by molar-refractivity contribution is 14.1. The summed E-state index contributed by atoms with van der Waals surface area (Å²) in [5, 5.41) is 3.00. The predicted molar refractivity (Wildman–Crippen MR) is 98.8 cm³/mol. The van der Waals surface area contributed by atoms with E-state index in [0.717, 1.165) is 21.3 Å². The van der Waals surface area contributed by atoms with Gasteiger partial charge in [-0.15, -0.1) is 0 Å².